The van der Waals surface area contributed by atoms with Crippen molar-refractivity contribution >= 4 is 60.8 Å². The van der Waals surface area contributed by atoms with E-state index in [1.165, 1.54) is 0 Å². The number of para-hydroxylation sites is 2. The van der Waals surface area contributed by atoms with Gasteiger partial charge >= 0.3 is 0 Å². The van der Waals surface area contributed by atoms with Crippen LogP contribution in [-0.2, 0) is 6.42 Å². The van der Waals surface area contributed by atoms with Crippen LogP contribution in [0, 0.1) is 0 Å². The zero-order chi connectivity index (χ0) is 24.7. The molecular formula is C32H19NO4. The molecule has 5 heteroatoms. The van der Waals surface area contributed by atoms with E-state index in [-0.39, 0.29) is 10.9 Å². The fourth-order valence-corrected chi connectivity index (χ4v) is 5.71. The first-order valence-corrected chi connectivity index (χ1v) is 12.3. The maximum atomic E-state index is 13.5. The van der Waals surface area contributed by atoms with Crippen molar-refractivity contribution in [2.75, 3.05) is 0 Å². The third kappa shape index (κ3) is 2.79. The molecule has 1 aliphatic carbocycles. The maximum absolute atomic E-state index is 13.5. The van der Waals surface area contributed by atoms with Crippen LogP contribution in [0.2, 0.25) is 0 Å². The molecule has 0 spiro atoms. The predicted molar refractivity (Wildman–Crippen MR) is 148 cm³/mol. The number of hydrogen-bond acceptors (Lipinski definition) is 4. The van der Waals surface area contributed by atoms with Gasteiger partial charge in [-0.15, -0.1) is 0 Å². The first-order valence-electron chi connectivity index (χ1n) is 12.3. The molecule has 0 radical (unpaired) electrons. The molecule has 0 bridgehead atoms. The van der Waals surface area contributed by atoms with Gasteiger partial charge in [-0.25, -0.2) is 0 Å². The van der Waals surface area contributed by atoms with Crippen molar-refractivity contribution in [3.05, 3.63) is 117 Å². The summed E-state index contributed by atoms with van der Waals surface area (Å²) >= 11 is 0. The highest BCUT2D eigenvalue weighted by Gasteiger charge is 2.18. The Labute approximate surface area is 209 Å². The lowest BCUT2D eigenvalue weighted by molar-refractivity contribution is 0.576. The number of allylic oxidation sites excluding steroid dienone is 1. The standard InChI is InChI=1S/C32H19NO4/c34-31-21-9-3-6-12-27(21)36-29-16-24-30(17-23(29)31)37-28-15-18(13-14-22(28)32(24)35)33-25-10-4-1-7-19(25)20-8-2-5-11-26(20)33/h1-2,4-8,10-17H,3,9H2. The molecule has 3 heterocycles. The largest absolute Gasteiger partial charge is 0.456 e. The molecule has 0 saturated carbocycles. The van der Waals surface area contributed by atoms with E-state index < -0.39 is 0 Å². The van der Waals surface area contributed by atoms with Crippen molar-refractivity contribution in [3.8, 4) is 5.69 Å². The lowest BCUT2D eigenvalue weighted by Gasteiger charge is -2.11. The maximum Gasteiger partial charge on any atom is 0.200 e. The van der Waals surface area contributed by atoms with Gasteiger partial charge in [-0.3, -0.25) is 9.59 Å². The van der Waals surface area contributed by atoms with Crippen LogP contribution < -0.4 is 10.9 Å². The van der Waals surface area contributed by atoms with Gasteiger partial charge in [-0.05, 0) is 55.3 Å². The molecule has 1 aliphatic rings. The van der Waals surface area contributed by atoms with Crippen molar-refractivity contribution in [2.24, 2.45) is 0 Å². The summed E-state index contributed by atoms with van der Waals surface area (Å²) in [6.45, 7) is 0. The van der Waals surface area contributed by atoms with Crippen molar-refractivity contribution < 1.29 is 8.83 Å². The zero-order valence-corrected chi connectivity index (χ0v) is 19.7. The lowest BCUT2D eigenvalue weighted by Crippen LogP contribution is -2.13. The second-order valence-corrected chi connectivity index (χ2v) is 9.54. The van der Waals surface area contributed by atoms with Crippen molar-refractivity contribution in [1.82, 2.24) is 4.57 Å². The molecule has 7 aromatic rings. The molecule has 4 aromatic carbocycles. The van der Waals surface area contributed by atoms with E-state index in [0.717, 1.165) is 33.9 Å². The summed E-state index contributed by atoms with van der Waals surface area (Å²) in [5.41, 5.74) is 4.76. The molecule has 0 aliphatic heterocycles. The Morgan fingerprint density at radius 1 is 0.622 bits per heavy atom. The topological polar surface area (TPSA) is 65.3 Å². The third-order valence-electron chi connectivity index (χ3n) is 7.46. The van der Waals surface area contributed by atoms with Crippen LogP contribution in [0.25, 0.3) is 66.5 Å². The molecular weight excluding hydrogens is 462 g/mol. The Kier molecular flexibility index (Phi) is 4.01. The van der Waals surface area contributed by atoms with Crippen LogP contribution >= 0.6 is 0 Å². The molecule has 37 heavy (non-hydrogen) atoms. The Hall–Kier alpha value is -4.90. The first kappa shape index (κ1) is 20.3. The van der Waals surface area contributed by atoms with E-state index in [0.29, 0.717) is 50.7 Å². The van der Waals surface area contributed by atoms with Gasteiger partial charge in [0.05, 0.1) is 27.2 Å². The molecule has 0 atom stereocenters. The predicted octanol–water partition coefficient (Wildman–Crippen LogP) is 7.11. The van der Waals surface area contributed by atoms with Gasteiger partial charge in [0.15, 0.2) is 5.43 Å². The van der Waals surface area contributed by atoms with Crippen molar-refractivity contribution in [3.63, 3.8) is 0 Å². The van der Waals surface area contributed by atoms with Crippen LogP contribution in [0.3, 0.4) is 0 Å². The zero-order valence-electron chi connectivity index (χ0n) is 19.7. The molecule has 0 saturated heterocycles. The summed E-state index contributed by atoms with van der Waals surface area (Å²) in [7, 11) is 0. The minimum absolute atomic E-state index is 0.0655. The summed E-state index contributed by atoms with van der Waals surface area (Å²) < 4.78 is 14.5. The average molecular weight is 482 g/mol. The van der Waals surface area contributed by atoms with Crippen LogP contribution in [-0.4, -0.2) is 4.57 Å². The Bertz CT molecular complexity index is 2190. The van der Waals surface area contributed by atoms with E-state index >= 15 is 0 Å². The van der Waals surface area contributed by atoms with Crippen molar-refractivity contribution in [1.29, 1.82) is 0 Å². The quantitative estimate of drug-likeness (QED) is 0.234. The Morgan fingerprint density at radius 2 is 1.27 bits per heavy atom. The molecule has 0 unspecified atom stereocenters. The van der Waals surface area contributed by atoms with Crippen LogP contribution in [0.4, 0.5) is 0 Å². The van der Waals surface area contributed by atoms with Gasteiger partial charge in [-0.2, -0.15) is 0 Å². The molecule has 176 valence electrons. The smallest absolute Gasteiger partial charge is 0.200 e. The van der Waals surface area contributed by atoms with E-state index in [4.69, 9.17) is 8.83 Å². The van der Waals surface area contributed by atoms with Crippen molar-refractivity contribution in [2.45, 2.75) is 12.8 Å². The fraction of sp³-hybridized carbons (Fsp3) is 0.0625. The SMILES string of the molecule is O=c1c2c(oc3cc4c(=O)c5ccc(-n6c7ccccc7c7ccccc76)cc5oc4cc13)C=CCC2. The minimum Gasteiger partial charge on any atom is -0.456 e. The van der Waals surface area contributed by atoms with Crippen LogP contribution in [0.15, 0.2) is 103 Å². The van der Waals surface area contributed by atoms with Gasteiger partial charge in [0, 0.05) is 28.1 Å². The number of rotatable bonds is 1. The van der Waals surface area contributed by atoms with E-state index in [1.54, 1.807) is 12.1 Å². The highest BCUT2D eigenvalue weighted by atomic mass is 16.3. The Morgan fingerprint density at radius 3 is 2.03 bits per heavy atom. The van der Waals surface area contributed by atoms with Gasteiger partial charge < -0.3 is 13.4 Å². The third-order valence-corrected chi connectivity index (χ3v) is 7.46. The van der Waals surface area contributed by atoms with Crippen LogP contribution in [0.5, 0.6) is 0 Å². The second kappa shape index (κ2) is 7.31. The molecule has 0 N–H and O–H groups in total. The number of hydrogen-bond donors (Lipinski definition) is 0. The second-order valence-electron chi connectivity index (χ2n) is 9.54. The molecule has 0 amide bonds. The Balaban J connectivity index is 1.42. The van der Waals surface area contributed by atoms with Gasteiger partial charge in [0.1, 0.15) is 22.5 Å². The minimum atomic E-state index is -0.150. The highest BCUT2D eigenvalue weighted by molar-refractivity contribution is 6.09. The summed E-state index contributed by atoms with van der Waals surface area (Å²) in [6.07, 6.45) is 5.28. The van der Waals surface area contributed by atoms with Gasteiger partial charge in [-0.1, -0.05) is 42.5 Å². The fourth-order valence-electron chi connectivity index (χ4n) is 5.71. The number of aromatic nitrogens is 1. The van der Waals surface area contributed by atoms with E-state index in [2.05, 4.69) is 28.8 Å². The van der Waals surface area contributed by atoms with Crippen LogP contribution in [0.1, 0.15) is 17.7 Å². The molecule has 0 fully saturated rings. The molecule has 3 aromatic heterocycles. The highest BCUT2D eigenvalue weighted by Crippen LogP contribution is 2.33. The normalized spacial score (nSPS) is 13.3. The van der Waals surface area contributed by atoms with E-state index in [1.807, 2.05) is 54.6 Å². The average Bonchev–Trinajstić information content (AvgIpc) is 3.27. The number of nitrogens with zero attached hydrogens (tertiary/aromatic N) is 1. The lowest BCUT2D eigenvalue weighted by atomic mass is 10.0. The van der Waals surface area contributed by atoms with E-state index in [9.17, 15) is 9.59 Å². The summed E-state index contributed by atoms with van der Waals surface area (Å²) in [6, 6.07) is 25.5. The number of fused-ring (bicyclic) bond motifs is 7. The molecule has 8 rings (SSSR count). The van der Waals surface area contributed by atoms with Gasteiger partial charge in [0.2, 0.25) is 5.43 Å². The number of benzene rings is 4. The monoisotopic (exact) mass is 481 g/mol. The molecule has 5 nitrogen and oxygen atoms in total. The first-order chi connectivity index (χ1) is 18.2. The summed E-state index contributed by atoms with van der Waals surface area (Å²) in [5.74, 6) is 0.573. The summed E-state index contributed by atoms with van der Waals surface area (Å²) in [5, 5.41) is 3.63. The van der Waals surface area contributed by atoms with Gasteiger partial charge in [0.25, 0.3) is 0 Å². The summed E-state index contributed by atoms with van der Waals surface area (Å²) in [4.78, 5) is 26.7.